The summed E-state index contributed by atoms with van der Waals surface area (Å²) in [5, 5.41) is 12.6. The van der Waals surface area contributed by atoms with E-state index < -0.39 is 0 Å². The minimum Gasteiger partial charge on any atom is -0.657 e. The number of hydrogen-bond donors (Lipinski definition) is 0. The van der Waals surface area contributed by atoms with Gasteiger partial charge >= 0.3 is 0 Å². The average molecular weight is 987 g/mol. The SMILES string of the molecule is CC(C)c1cccc(C(C)C)c1N1[CH-]N(c2c(-c3ccccc3)cccc2-n2c3ccccc3c3ccccc32)N=C1c1ccccc1.[Au].c1ccc2c(c1)[n-]c1ccccc12. The van der Waals surface area contributed by atoms with E-state index >= 15 is 0 Å². The van der Waals surface area contributed by atoms with Gasteiger partial charge in [-0.05, 0) is 57.5 Å². The minimum absolute atomic E-state index is 0. The standard InChI is InChI=1S/C44H39N4.C12H8N.Au/c1-30(2)34-23-15-24-35(31(3)4)42(34)46-29-47(45-44(46)33-19-9-6-10-20-33)43-36(32-17-7-5-8-18-32)25-16-28-41(43)48-39-26-13-11-21-37(39)38-22-12-14-27-40(38)48;1-3-7-11-9(5-1)10-6-2-4-8-12(10)13-11;/h5-31H,1-4H3;1-8H;/q2*-1;. The Morgan fingerprint density at radius 2 is 0.919 bits per heavy atom. The van der Waals surface area contributed by atoms with Crippen LogP contribution in [-0.2, 0) is 22.4 Å². The summed E-state index contributed by atoms with van der Waals surface area (Å²) in [6, 6.07) is 68.5. The first-order chi connectivity index (χ1) is 30.0. The van der Waals surface area contributed by atoms with Gasteiger partial charge in [-0.25, -0.2) is 0 Å². The molecule has 0 N–H and O–H groups in total. The second-order valence-electron chi connectivity index (χ2n) is 16.3. The molecule has 0 saturated heterocycles. The van der Waals surface area contributed by atoms with E-state index in [1.165, 1.54) is 49.4 Å². The molecule has 0 unspecified atom stereocenters. The molecule has 0 saturated carbocycles. The van der Waals surface area contributed by atoms with Gasteiger partial charge < -0.3 is 19.5 Å². The van der Waals surface area contributed by atoms with Crippen molar-refractivity contribution >= 4 is 60.8 Å². The van der Waals surface area contributed by atoms with Crippen molar-refractivity contribution in [3.8, 4) is 16.8 Å². The summed E-state index contributed by atoms with van der Waals surface area (Å²) < 4.78 is 2.41. The second-order valence-corrected chi connectivity index (χ2v) is 16.3. The maximum atomic E-state index is 5.51. The number of amidine groups is 1. The number of hydrazone groups is 1. The zero-order valence-corrected chi connectivity index (χ0v) is 37.4. The molecule has 62 heavy (non-hydrogen) atoms. The van der Waals surface area contributed by atoms with Crippen LogP contribution in [0.2, 0.25) is 0 Å². The van der Waals surface area contributed by atoms with E-state index in [0.717, 1.165) is 44.9 Å². The first kappa shape index (κ1) is 40.8. The molecular weight excluding hydrogens is 940 g/mol. The number of para-hydroxylation sites is 6. The van der Waals surface area contributed by atoms with Gasteiger partial charge in [0.2, 0.25) is 0 Å². The first-order valence-corrected chi connectivity index (χ1v) is 21.2. The third-order valence-corrected chi connectivity index (χ3v) is 11.8. The Bertz CT molecular complexity index is 3070. The summed E-state index contributed by atoms with van der Waals surface area (Å²) in [6.45, 7) is 11.3. The van der Waals surface area contributed by atoms with Crippen LogP contribution in [-0.4, -0.2) is 10.4 Å². The van der Waals surface area contributed by atoms with Gasteiger partial charge in [0.15, 0.2) is 0 Å². The number of rotatable bonds is 7. The monoisotopic (exact) mass is 986 g/mol. The van der Waals surface area contributed by atoms with Crippen LogP contribution in [0, 0.1) is 6.67 Å². The van der Waals surface area contributed by atoms with Gasteiger partial charge in [-0.2, -0.15) is 5.10 Å². The van der Waals surface area contributed by atoms with Gasteiger partial charge in [0, 0.05) is 50.0 Å². The van der Waals surface area contributed by atoms with Crippen molar-refractivity contribution in [2.24, 2.45) is 5.10 Å². The van der Waals surface area contributed by atoms with Gasteiger partial charge in [0.1, 0.15) is 5.84 Å². The number of nitrogens with zero attached hydrogens (tertiary/aromatic N) is 5. The van der Waals surface area contributed by atoms with Gasteiger partial charge in [0.05, 0.1) is 22.4 Å². The van der Waals surface area contributed by atoms with E-state index in [9.17, 15) is 0 Å². The molecule has 3 heterocycles. The summed E-state index contributed by atoms with van der Waals surface area (Å²) >= 11 is 0. The van der Waals surface area contributed by atoms with Crippen LogP contribution in [0.3, 0.4) is 0 Å². The van der Waals surface area contributed by atoms with Crippen molar-refractivity contribution in [2.75, 3.05) is 9.91 Å². The molecule has 1 aliphatic rings. The van der Waals surface area contributed by atoms with E-state index in [1.54, 1.807) is 0 Å². The molecule has 5 nitrogen and oxygen atoms in total. The molecule has 0 fully saturated rings. The van der Waals surface area contributed by atoms with Crippen LogP contribution < -0.4 is 14.9 Å². The van der Waals surface area contributed by atoms with Crippen molar-refractivity contribution < 1.29 is 22.4 Å². The molecule has 0 aliphatic carbocycles. The second kappa shape index (κ2) is 17.4. The first-order valence-electron chi connectivity index (χ1n) is 21.2. The molecule has 2 aromatic heterocycles. The predicted molar refractivity (Wildman–Crippen MR) is 258 cm³/mol. The Hall–Kier alpha value is -6.63. The Labute approximate surface area is 379 Å². The Kier molecular flexibility index (Phi) is 11.4. The Morgan fingerprint density at radius 3 is 1.47 bits per heavy atom. The third-order valence-electron chi connectivity index (χ3n) is 11.8. The molecule has 0 bridgehead atoms. The maximum absolute atomic E-state index is 5.51. The van der Waals surface area contributed by atoms with Gasteiger partial charge in [-0.15, -0.1) is 17.7 Å². The largest absolute Gasteiger partial charge is 0.657 e. The Morgan fingerprint density at radius 1 is 0.452 bits per heavy atom. The minimum atomic E-state index is 0. The molecule has 1 aliphatic heterocycles. The molecule has 0 spiro atoms. The molecule has 309 valence electrons. The quantitative estimate of drug-likeness (QED) is 0.118. The van der Waals surface area contributed by atoms with E-state index in [-0.39, 0.29) is 22.4 Å². The van der Waals surface area contributed by atoms with Crippen molar-refractivity contribution in [3.05, 3.63) is 217 Å². The maximum Gasteiger partial charge on any atom is 0.129 e. The number of benzene rings is 8. The fraction of sp³-hybridized carbons (Fsp3) is 0.107. The smallest absolute Gasteiger partial charge is 0.129 e. The molecular formula is C56H47AuN5-2. The molecule has 0 atom stereocenters. The molecule has 1 radical (unpaired) electrons. The van der Waals surface area contributed by atoms with Crippen molar-refractivity contribution in [1.82, 2.24) is 9.55 Å². The van der Waals surface area contributed by atoms with Crippen LogP contribution in [0.5, 0.6) is 0 Å². The predicted octanol–water partition coefficient (Wildman–Crippen LogP) is 14.5. The van der Waals surface area contributed by atoms with Gasteiger partial charge in [-0.1, -0.05) is 204 Å². The third kappa shape index (κ3) is 7.32. The Balaban J connectivity index is 0.000000296. The van der Waals surface area contributed by atoms with Crippen molar-refractivity contribution in [3.63, 3.8) is 0 Å². The number of fused-ring (bicyclic) bond motifs is 6. The summed E-state index contributed by atoms with van der Waals surface area (Å²) in [5.41, 5.74) is 13.8. The van der Waals surface area contributed by atoms with Crippen LogP contribution in [0.15, 0.2) is 199 Å². The van der Waals surface area contributed by atoms with Crippen LogP contribution in [0.4, 0.5) is 11.4 Å². The molecule has 11 rings (SSSR count). The zero-order valence-electron chi connectivity index (χ0n) is 35.2. The fourth-order valence-corrected chi connectivity index (χ4v) is 8.90. The summed E-state index contributed by atoms with van der Waals surface area (Å²) in [5.74, 6) is 1.58. The molecule has 8 aromatic carbocycles. The van der Waals surface area contributed by atoms with Crippen molar-refractivity contribution in [1.29, 1.82) is 0 Å². The summed E-state index contributed by atoms with van der Waals surface area (Å²) in [6.07, 6.45) is 0. The molecule has 0 amide bonds. The average Bonchev–Trinajstić information content (AvgIpc) is 4.02. The van der Waals surface area contributed by atoms with E-state index in [2.05, 4.69) is 236 Å². The fourth-order valence-electron chi connectivity index (χ4n) is 8.90. The van der Waals surface area contributed by atoms with E-state index in [0.29, 0.717) is 11.8 Å². The van der Waals surface area contributed by atoms with Crippen LogP contribution in [0.1, 0.15) is 56.2 Å². The van der Waals surface area contributed by atoms with Crippen molar-refractivity contribution in [2.45, 2.75) is 39.5 Å². The van der Waals surface area contributed by atoms with E-state index in [4.69, 9.17) is 5.10 Å². The normalized spacial score (nSPS) is 12.6. The number of anilines is 2. The number of hydrogen-bond acceptors (Lipinski definition) is 3. The summed E-state index contributed by atoms with van der Waals surface area (Å²) in [7, 11) is 0. The van der Waals surface area contributed by atoms with E-state index in [1.807, 2.05) is 12.1 Å². The van der Waals surface area contributed by atoms with Gasteiger partial charge in [-0.3, -0.25) is 0 Å². The topological polar surface area (TPSA) is 37.9 Å². The van der Waals surface area contributed by atoms with Crippen LogP contribution in [0.25, 0.3) is 60.4 Å². The molecule has 6 heteroatoms. The zero-order chi connectivity index (χ0) is 41.5. The summed E-state index contributed by atoms with van der Waals surface area (Å²) in [4.78, 5) is 6.85. The number of aromatic nitrogens is 2. The molecule has 10 aromatic rings. The van der Waals surface area contributed by atoms with Crippen LogP contribution >= 0.6 is 0 Å². The van der Waals surface area contributed by atoms with Gasteiger partial charge in [0.25, 0.3) is 0 Å².